The van der Waals surface area contributed by atoms with Crippen molar-refractivity contribution in [3.63, 3.8) is 0 Å². The zero-order valence-corrected chi connectivity index (χ0v) is 9.29. The van der Waals surface area contributed by atoms with Crippen LogP contribution in [0, 0.1) is 0 Å². The van der Waals surface area contributed by atoms with Crippen molar-refractivity contribution < 1.29 is 4.42 Å². The highest BCUT2D eigenvalue weighted by Gasteiger charge is 2.23. The molecule has 1 heterocycles. The molecule has 2 rings (SSSR count). The Kier molecular flexibility index (Phi) is 2.65. The van der Waals surface area contributed by atoms with Crippen molar-refractivity contribution in [1.29, 1.82) is 0 Å². The molecule has 5 nitrogen and oxygen atoms in total. The minimum atomic E-state index is -0.567. The third-order valence-electron chi connectivity index (χ3n) is 2.66. The molecule has 1 aromatic heterocycles. The van der Waals surface area contributed by atoms with Crippen LogP contribution in [0.1, 0.15) is 45.4 Å². The molecular weight excluding hydrogens is 192 g/mol. The molecule has 0 saturated heterocycles. The fourth-order valence-corrected chi connectivity index (χ4v) is 1.79. The molecule has 3 N–H and O–H groups in total. The lowest BCUT2D eigenvalue weighted by molar-refractivity contribution is 0.382. The Morgan fingerprint density at radius 2 is 2.00 bits per heavy atom. The first-order valence-electron chi connectivity index (χ1n) is 5.45. The molecule has 1 aliphatic carbocycles. The van der Waals surface area contributed by atoms with E-state index in [1.54, 1.807) is 0 Å². The van der Waals surface area contributed by atoms with E-state index in [2.05, 4.69) is 15.5 Å². The summed E-state index contributed by atoms with van der Waals surface area (Å²) in [6.45, 7) is 3.69. The molecule has 15 heavy (non-hydrogen) atoms. The van der Waals surface area contributed by atoms with Gasteiger partial charge < -0.3 is 15.5 Å². The molecular formula is C10H18N4O. The summed E-state index contributed by atoms with van der Waals surface area (Å²) in [6, 6.07) is 0.981. The van der Waals surface area contributed by atoms with Gasteiger partial charge in [-0.3, -0.25) is 0 Å². The second-order valence-corrected chi connectivity index (χ2v) is 4.76. The average molecular weight is 210 g/mol. The van der Waals surface area contributed by atoms with Gasteiger partial charge in [-0.25, -0.2) is 0 Å². The Hall–Kier alpha value is -1.10. The Morgan fingerprint density at radius 3 is 2.53 bits per heavy atom. The Morgan fingerprint density at radius 1 is 1.33 bits per heavy atom. The highest BCUT2D eigenvalue weighted by atomic mass is 16.4. The third kappa shape index (κ3) is 2.47. The second-order valence-electron chi connectivity index (χ2n) is 4.76. The first-order valence-corrected chi connectivity index (χ1v) is 5.45. The average Bonchev–Trinajstić information content (AvgIpc) is 2.73. The molecule has 0 aliphatic heterocycles. The molecule has 0 spiro atoms. The molecule has 0 aromatic carbocycles. The van der Waals surface area contributed by atoms with E-state index in [1.165, 1.54) is 25.7 Å². The van der Waals surface area contributed by atoms with Crippen LogP contribution in [0.15, 0.2) is 4.42 Å². The van der Waals surface area contributed by atoms with Crippen LogP contribution in [-0.4, -0.2) is 16.2 Å². The standard InChI is InChI=1S/C10H18N4O/c1-10(2,11)8-13-14-9(15-8)12-7-5-3-4-6-7/h7H,3-6,11H2,1-2H3,(H,12,14). The van der Waals surface area contributed by atoms with E-state index in [0.717, 1.165) is 0 Å². The number of anilines is 1. The normalized spacial score (nSPS) is 18.3. The van der Waals surface area contributed by atoms with Crippen LogP contribution in [-0.2, 0) is 5.54 Å². The summed E-state index contributed by atoms with van der Waals surface area (Å²) in [4.78, 5) is 0. The minimum Gasteiger partial charge on any atom is -0.406 e. The summed E-state index contributed by atoms with van der Waals surface area (Å²) >= 11 is 0. The van der Waals surface area contributed by atoms with Crippen LogP contribution >= 0.6 is 0 Å². The lowest BCUT2D eigenvalue weighted by Crippen LogP contribution is -2.29. The second kappa shape index (κ2) is 3.81. The van der Waals surface area contributed by atoms with Gasteiger partial charge in [0.1, 0.15) is 0 Å². The first-order chi connectivity index (χ1) is 7.05. The fourth-order valence-electron chi connectivity index (χ4n) is 1.79. The molecule has 1 aliphatic rings. The van der Waals surface area contributed by atoms with Crippen molar-refractivity contribution in [3.8, 4) is 0 Å². The number of hydrogen-bond acceptors (Lipinski definition) is 5. The van der Waals surface area contributed by atoms with Crippen LogP contribution in [0.3, 0.4) is 0 Å². The topological polar surface area (TPSA) is 77.0 Å². The zero-order valence-electron chi connectivity index (χ0n) is 9.29. The fraction of sp³-hybridized carbons (Fsp3) is 0.800. The maximum Gasteiger partial charge on any atom is 0.315 e. The lowest BCUT2D eigenvalue weighted by Gasteiger charge is -2.12. The van der Waals surface area contributed by atoms with Gasteiger partial charge in [-0.1, -0.05) is 17.9 Å². The summed E-state index contributed by atoms with van der Waals surface area (Å²) in [5.41, 5.74) is 5.29. The summed E-state index contributed by atoms with van der Waals surface area (Å²) in [5, 5.41) is 11.1. The largest absolute Gasteiger partial charge is 0.406 e. The molecule has 0 atom stereocenters. The zero-order chi connectivity index (χ0) is 10.9. The van der Waals surface area contributed by atoms with E-state index in [4.69, 9.17) is 10.2 Å². The van der Waals surface area contributed by atoms with Crippen LogP contribution in [0.4, 0.5) is 6.01 Å². The van der Waals surface area contributed by atoms with E-state index in [-0.39, 0.29) is 0 Å². The molecule has 1 saturated carbocycles. The molecule has 0 unspecified atom stereocenters. The maximum absolute atomic E-state index is 5.85. The van der Waals surface area contributed by atoms with E-state index in [0.29, 0.717) is 17.9 Å². The molecule has 0 radical (unpaired) electrons. The van der Waals surface area contributed by atoms with Crippen molar-refractivity contribution in [2.75, 3.05) is 5.32 Å². The van der Waals surface area contributed by atoms with Gasteiger partial charge in [-0.15, -0.1) is 5.10 Å². The highest BCUT2D eigenvalue weighted by molar-refractivity contribution is 5.20. The summed E-state index contributed by atoms with van der Waals surface area (Å²) in [6.07, 6.45) is 4.93. The van der Waals surface area contributed by atoms with Gasteiger partial charge in [0.25, 0.3) is 0 Å². The highest BCUT2D eigenvalue weighted by Crippen LogP contribution is 2.23. The van der Waals surface area contributed by atoms with Crippen molar-refractivity contribution in [2.45, 2.75) is 51.1 Å². The van der Waals surface area contributed by atoms with Gasteiger partial charge in [0, 0.05) is 6.04 Å². The lowest BCUT2D eigenvalue weighted by atomic mass is 10.1. The monoisotopic (exact) mass is 210 g/mol. The van der Waals surface area contributed by atoms with Crippen LogP contribution < -0.4 is 11.1 Å². The number of rotatable bonds is 3. The van der Waals surface area contributed by atoms with Gasteiger partial charge in [-0.2, -0.15) is 0 Å². The molecule has 5 heteroatoms. The SMILES string of the molecule is CC(C)(N)c1nnc(NC2CCCC2)o1. The van der Waals surface area contributed by atoms with Crippen LogP contribution in [0.2, 0.25) is 0 Å². The summed E-state index contributed by atoms with van der Waals surface area (Å²) in [5.74, 6) is 0.475. The van der Waals surface area contributed by atoms with Crippen LogP contribution in [0.5, 0.6) is 0 Å². The molecule has 0 amide bonds. The molecule has 0 bridgehead atoms. The van der Waals surface area contributed by atoms with E-state index < -0.39 is 5.54 Å². The smallest absolute Gasteiger partial charge is 0.315 e. The predicted octanol–water partition coefficient (Wildman–Crippen LogP) is 1.62. The van der Waals surface area contributed by atoms with Crippen molar-refractivity contribution in [3.05, 3.63) is 5.89 Å². The number of nitrogens with two attached hydrogens (primary N) is 1. The number of aromatic nitrogens is 2. The molecule has 1 aromatic rings. The maximum atomic E-state index is 5.85. The Bertz CT molecular complexity index is 322. The number of nitrogens with zero attached hydrogens (tertiary/aromatic N) is 2. The van der Waals surface area contributed by atoms with Gasteiger partial charge in [-0.05, 0) is 26.7 Å². The minimum absolute atomic E-state index is 0.475. The summed E-state index contributed by atoms with van der Waals surface area (Å²) < 4.78 is 5.45. The third-order valence-corrected chi connectivity index (χ3v) is 2.66. The first kappa shape index (κ1) is 10.4. The predicted molar refractivity (Wildman–Crippen MR) is 57.4 cm³/mol. The van der Waals surface area contributed by atoms with E-state index in [1.807, 2.05) is 13.8 Å². The molecule has 84 valence electrons. The summed E-state index contributed by atoms with van der Waals surface area (Å²) in [7, 11) is 0. The number of nitrogens with one attached hydrogen (secondary N) is 1. The van der Waals surface area contributed by atoms with Gasteiger partial charge >= 0.3 is 6.01 Å². The van der Waals surface area contributed by atoms with E-state index in [9.17, 15) is 0 Å². The molecule has 1 fully saturated rings. The van der Waals surface area contributed by atoms with E-state index >= 15 is 0 Å². The van der Waals surface area contributed by atoms with Crippen molar-refractivity contribution in [1.82, 2.24) is 10.2 Å². The van der Waals surface area contributed by atoms with Gasteiger partial charge in [0.2, 0.25) is 5.89 Å². The Labute approximate surface area is 89.4 Å². The van der Waals surface area contributed by atoms with Crippen molar-refractivity contribution in [2.24, 2.45) is 5.73 Å². The van der Waals surface area contributed by atoms with Gasteiger partial charge in [0.05, 0.1) is 5.54 Å². The quantitative estimate of drug-likeness (QED) is 0.792. The van der Waals surface area contributed by atoms with Crippen LogP contribution in [0.25, 0.3) is 0 Å². The number of hydrogen-bond donors (Lipinski definition) is 2. The Balaban J connectivity index is 2.00. The van der Waals surface area contributed by atoms with Gasteiger partial charge in [0.15, 0.2) is 0 Å². The van der Waals surface area contributed by atoms with Crippen molar-refractivity contribution >= 4 is 6.01 Å².